The molecule has 27 heavy (non-hydrogen) atoms. The van der Waals surface area contributed by atoms with Gasteiger partial charge in [0.25, 0.3) is 0 Å². The monoisotopic (exact) mass is 501 g/mol. The van der Waals surface area contributed by atoms with Crippen LogP contribution >= 0.6 is 35.3 Å². The molecule has 0 bridgehead atoms. The smallest absolute Gasteiger partial charge is 0.213 e. The molecule has 2 heterocycles. The number of ether oxygens (including phenoxy) is 1. The van der Waals surface area contributed by atoms with Gasteiger partial charge in [0.1, 0.15) is 11.1 Å². The summed E-state index contributed by atoms with van der Waals surface area (Å²) in [4.78, 5) is 14.6. The van der Waals surface area contributed by atoms with E-state index in [-0.39, 0.29) is 24.0 Å². The third kappa shape index (κ3) is 7.25. The van der Waals surface area contributed by atoms with Gasteiger partial charge in [-0.15, -0.1) is 35.3 Å². The van der Waals surface area contributed by atoms with Gasteiger partial charge in [-0.3, -0.25) is 0 Å². The topological polar surface area (TPSA) is 71.4 Å². The van der Waals surface area contributed by atoms with Crippen LogP contribution in [0.5, 0.6) is 5.88 Å². The van der Waals surface area contributed by atoms with Crippen molar-refractivity contribution in [3.05, 3.63) is 40.0 Å². The van der Waals surface area contributed by atoms with Crippen LogP contribution in [0.4, 0.5) is 0 Å². The summed E-state index contributed by atoms with van der Waals surface area (Å²) in [5, 5.41) is 7.67. The van der Waals surface area contributed by atoms with E-state index in [4.69, 9.17) is 4.74 Å². The molecule has 1 aliphatic rings. The molecule has 2 aromatic rings. The van der Waals surface area contributed by atoms with Crippen LogP contribution < -0.4 is 15.4 Å². The number of nitrogens with one attached hydrogen (secondary N) is 2. The second-order valence-electron chi connectivity index (χ2n) is 6.44. The molecule has 0 aliphatic heterocycles. The molecule has 0 radical (unpaired) electrons. The highest BCUT2D eigenvalue weighted by Crippen LogP contribution is 2.23. The molecule has 1 fully saturated rings. The van der Waals surface area contributed by atoms with Crippen molar-refractivity contribution in [3.63, 3.8) is 0 Å². The molecular weight excluding hydrogens is 473 g/mol. The second-order valence-corrected chi connectivity index (χ2v) is 7.76. The third-order valence-corrected chi connectivity index (χ3v) is 5.14. The van der Waals surface area contributed by atoms with Gasteiger partial charge in [-0.05, 0) is 51.2 Å². The standard InChI is InChI=1S/C19H27N5OS.HI/c1-3-20-19(24-13-18-22-11-14(2)26-18)23-12-15-8-9-21-17(10-15)25-16-6-4-5-7-16;/h8-11,16H,3-7,12-13H2,1-2H3,(H2,20,23,24);1H. The van der Waals surface area contributed by atoms with Crippen LogP contribution in [-0.2, 0) is 13.1 Å². The number of thiazole rings is 1. The minimum atomic E-state index is 0. The Morgan fingerprint density at radius 3 is 2.81 bits per heavy atom. The Balaban J connectivity index is 0.00000261. The number of guanidine groups is 1. The van der Waals surface area contributed by atoms with Crippen LogP contribution in [-0.4, -0.2) is 28.6 Å². The lowest BCUT2D eigenvalue weighted by Gasteiger charge is -2.13. The summed E-state index contributed by atoms with van der Waals surface area (Å²) >= 11 is 1.70. The second kappa shape index (κ2) is 11.4. The Morgan fingerprint density at radius 1 is 1.30 bits per heavy atom. The number of aromatic nitrogens is 2. The molecule has 3 rings (SSSR count). The number of hydrogen-bond acceptors (Lipinski definition) is 5. The van der Waals surface area contributed by atoms with Crippen molar-refractivity contribution in [2.45, 2.75) is 58.7 Å². The van der Waals surface area contributed by atoms with Crippen LogP contribution in [0.25, 0.3) is 0 Å². The fraction of sp³-hybridized carbons (Fsp3) is 0.526. The molecule has 8 heteroatoms. The quantitative estimate of drug-likeness (QED) is 0.341. The van der Waals surface area contributed by atoms with E-state index in [1.165, 1.54) is 17.7 Å². The first-order valence-electron chi connectivity index (χ1n) is 9.28. The van der Waals surface area contributed by atoms with Crippen LogP contribution in [0.2, 0.25) is 0 Å². The van der Waals surface area contributed by atoms with Crippen molar-refractivity contribution in [1.29, 1.82) is 0 Å². The van der Waals surface area contributed by atoms with Gasteiger partial charge in [-0.2, -0.15) is 0 Å². The van der Waals surface area contributed by atoms with Crippen LogP contribution in [0, 0.1) is 6.92 Å². The van der Waals surface area contributed by atoms with Crippen molar-refractivity contribution in [2.75, 3.05) is 6.54 Å². The Morgan fingerprint density at radius 2 is 2.11 bits per heavy atom. The molecule has 6 nitrogen and oxygen atoms in total. The molecule has 2 aromatic heterocycles. The van der Waals surface area contributed by atoms with E-state index in [2.05, 4.69) is 39.4 Å². The summed E-state index contributed by atoms with van der Waals surface area (Å²) < 4.78 is 5.98. The lowest BCUT2D eigenvalue weighted by molar-refractivity contribution is 0.201. The first kappa shape index (κ1) is 21.9. The normalized spacial score (nSPS) is 14.7. The summed E-state index contributed by atoms with van der Waals surface area (Å²) in [6, 6.07) is 3.98. The van der Waals surface area contributed by atoms with Crippen molar-refractivity contribution >= 4 is 41.3 Å². The fourth-order valence-corrected chi connectivity index (χ4v) is 3.67. The molecule has 1 aliphatic carbocycles. The minimum absolute atomic E-state index is 0. The molecule has 0 atom stereocenters. The summed E-state index contributed by atoms with van der Waals surface area (Å²) in [6.45, 7) is 6.20. The van der Waals surface area contributed by atoms with Gasteiger partial charge in [0.2, 0.25) is 5.88 Å². The molecule has 0 saturated heterocycles. The van der Waals surface area contributed by atoms with Crippen LogP contribution in [0.15, 0.2) is 29.5 Å². The van der Waals surface area contributed by atoms with E-state index in [0.717, 1.165) is 35.9 Å². The minimum Gasteiger partial charge on any atom is -0.474 e. The van der Waals surface area contributed by atoms with Crippen LogP contribution in [0.1, 0.15) is 48.1 Å². The number of nitrogens with zero attached hydrogens (tertiary/aromatic N) is 3. The Bertz CT molecular complexity index is 730. The average molecular weight is 501 g/mol. The van der Waals surface area contributed by atoms with E-state index in [1.807, 2.05) is 18.3 Å². The number of rotatable bonds is 7. The van der Waals surface area contributed by atoms with Gasteiger partial charge in [-0.1, -0.05) is 0 Å². The Labute approximate surface area is 182 Å². The van der Waals surface area contributed by atoms with Gasteiger partial charge >= 0.3 is 0 Å². The molecule has 1 saturated carbocycles. The van der Waals surface area contributed by atoms with E-state index in [9.17, 15) is 0 Å². The van der Waals surface area contributed by atoms with Crippen molar-refractivity contribution in [2.24, 2.45) is 4.99 Å². The van der Waals surface area contributed by atoms with Crippen molar-refractivity contribution in [3.8, 4) is 5.88 Å². The largest absolute Gasteiger partial charge is 0.474 e. The van der Waals surface area contributed by atoms with Gasteiger partial charge in [0.05, 0.1) is 13.1 Å². The maximum absolute atomic E-state index is 5.98. The summed E-state index contributed by atoms with van der Waals surface area (Å²) in [6.07, 6.45) is 8.80. The average Bonchev–Trinajstić information content (AvgIpc) is 3.29. The lowest BCUT2D eigenvalue weighted by atomic mass is 10.2. The summed E-state index contributed by atoms with van der Waals surface area (Å²) in [5.41, 5.74) is 1.09. The van der Waals surface area contributed by atoms with Gasteiger partial charge in [-0.25, -0.2) is 15.0 Å². The number of aliphatic imine (C=N–C) groups is 1. The zero-order valence-corrected chi connectivity index (χ0v) is 19.0. The molecular formula is C19H28IN5OS. The van der Waals surface area contributed by atoms with E-state index in [1.54, 1.807) is 17.5 Å². The number of pyridine rings is 1. The highest BCUT2D eigenvalue weighted by molar-refractivity contribution is 14.0. The fourth-order valence-electron chi connectivity index (χ4n) is 2.94. The molecule has 0 unspecified atom stereocenters. The highest BCUT2D eigenvalue weighted by atomic mass is 127. The van der Waals surface area contributed by atoms with Gasteiger partial charge in [0.15, 0.2) is 5.96 Å². The zero-order valence-electron chi connectivity index (χ0n) is 15.9. The molecule has 2 N–H and O–H groups in total. The SMILES string of the molecule is CCNC(=NCc1ccnc(OC2CCCC2)c1)NCc1ncc(C)s1.I. The number of halogens is 1. The van der Waals surface area contributed by atoms with Crippen molar-refractivity contribution < 1.29 is 4.74 Å². The maximum Gasteiger partial charge on any atom is 0.213 e. The maximum atomic E-state index is 5.98. The summed E-state index contributed by atoms with van der Waals surface area (Å²) in [7, 11) is 0. The summed E-state index contributed by atoms with van der Waals surface area (Å²) in [5.74, 6) is 1.50. The molecule has 0 aromatic carbocycles. The number of hydrogen-bond donors (Lipinski definition) is 2. The van der Waals surface area contributed by atoms with Gasteiger partial charge < -0.3 is 15.4 Å². The first-order chi connectivity index (χ1) is 12.7. The lowest BCUT2D eigenvalue weighted by Crippen LogP contribution is -2.36. The van der Waals surface area contributed by atoms with E-state index < -0.39 is 0 Å². The zero-order chi connectivity index (χ0) is 18.2. The number of aryl methyl sites for hydroxylation is 1. The Hall–Kier alpha value is -1.42. The predicted molar refractivity (Wildman–Crippen MR) is 121 cm³/mol. The molecule has 0 amide bonds. The highest BCUT2D eigenvalue weighted by Gasteiger charge is 2.17. The van der Waals surface area contributed by atoms with Gasteiger partial charge in [0, 0.05) is 29.9 Å². The van der Waals surface area contributed by atoms with E-state index >= 15 is 0 Å². The first-order valence-corrected chi connectivity index (χ1v) is 10.1. The molecule has 0 spiro atoms. The Kier molecular flexibility index (Phi) is 9.26. The third-order valence-electron chi connectivity index (χ3n) is 4.23. The van der Waals surface area contributed by atoms with Crippen LogP contribution in [0.3, 0.4) is 0 Å². The van der Waals surface area contributed by atoms with Crippen molar-refractivity contribution in [1.82, 2.24) is 20.6 Å². The van der Waals surface area contributed by atoms with E-state index in [0.29, 0.717) is 25.1 Å². The predicted octanol–water partition coefficient (Wildman–Crippen LogP) is 4.04. The molecule has 148 valence electrons.